The van der Waals surface area contributed by atoms with Crippen molar-refractivity contribution in [2.45, 2.75) is 32.1 Å². The van der Waals surface area contributed by atoms with Crippen molar-refractivity contribution < 1.29 is 0 Å². The molecule has 0 N–H and O–H groups in total. The number of rotatable bonds is 5. The van der Waals surface area contributed by atoms with Crippen molar-refractivity contribution in [3.63, 3.8) is 0 Å². The van der Waals surface area contributed by atoms with E-state index in [9.17, 15) is 0 Å². The van der Waals surface area contributed by atoms with Gasteiger partial charge in [-0.1, -0.05) is 135 Å². The van der Waals surface area contributed by atoms with Crippen molar-refractivity contribution in [3.8, 4) is 34.0 Å². The first-order valence-electron chi connectivity index (χ1n) is 17.8. The third-order valence-electron chi connectivity index (χ3n) is 10.7. The average Bonchev–Trinajstić information content (AvgIpc) is 3.79. The van der Waals surface area contributed by atoms with Crippen LogP contribution in [-0.2, 0) is 5.41 Å². The molecule has 51 heavy (non-hydrogen) atoms. The molecule has 0 amide bonds. The lowest BCUT2D eigenvalue weighted by atomic mass is 9.82. The second-order valence-electron chi connectivity index (χ2n) is 14.1. The van der Waals surface area contributed by atoms with Crippen LogP contribution in [-0.4, -0.2) is 19.1 Å². The number of para-hydroxylation sites is 3. The second-order valence-corrected chi connectivity index (χ2v) is 14.1. The topological polar surface area (TPSA) is 35.6 Å². The molecular formula is C47H36N4. The maximum atomic E-state index is 5.22. The first-order valence-corrected chi connectivity index (χ1v) is 17.8. The van der Waals surface area contributed by atoms with Crippen LogP contribution in [0, 0.1) is 0 Å². The summed E-state index contributed by atoms with van der Waals surface area (Å²) < 4.78 is 5.09. The predicted molar refractivity (Wildman–Crippen MR) is 210 cm³/mol. The number of fused-ring (bicyclic) bond motifs is 7. The highest BCUT2D eigenvalue weighted by molar-refractivity contribution is 6.16. The van der Waals surface area contributed by atoms with Crippen LogP contribution in [0.2, 0.25) is 0 Å². The summed E-state index contributed by atoms with van der Waals surface area (Å²) in [6, 6.07) is 51.7. The van der Waals surface area contributed by atoms with Gasteiger partial charge in [0.1, 0.15) is 0 Å². The van der Waals surface area contributed by atoms with Gasteiger partial charge in [0.2, 0.25) is 0 Å². The zero-order chi connectivity index (χ0) is 34.1. The Morgan fingerprint density at radius 1 is 0.627 bits per heavy atom. The lowest BCUT2D eigenvalue weighted by molar-refractivity contribution is 0.645. The van der Waals surface area contributed by atoms with E-state index in [2.05, 4.69) is 169 Å². The molecule has 4 nitrogen and oxygen atoms in total. The highest BCUT2D eigenvalue weighted by Gasteiger charge is 2.42. The monoisotopic (exact) mass is 656 g/mol. The summed E-state index contributed by atoms with van der Waals surface area (Å²) >= 11 is 0. The van der Waals surface area contributed by atoms with E-state index >= 15 is 0 Å². The molecule has 8 aromatic rings. The molecule has 0 atom stereocenters. The van der Waals surface area contributed by atoms with Gasteiger partial charge < -0.3 is 9.13 Å². The third kappa shape index (κ3) is 4.53. The maximum absolute atomic E-state index is 5.22. The van der Waals surface area contributed by atoms with Gasteiger partial charge in [0.05, 0.1) is 39.5 Å². The summed E-state index contributed by atoms with van der Waals surface area (Å²) in [4.78, 5) is 10.3. The van der Waals surface area contributed by atoms with Gasteiger partial charge in [0.25, 0.3) is 0 Å². The van der Waals surface area contributed by atoms with Crippen molar-refractivity contribution in [2.75, 3.05) is 0 Å². The molecule has 0 spiro atoms. The van der Waals surface area contributed by atoms with Crippen molar-refractivity contribution in [2.24, 2.45) is 0 Å². The Hall–Kier alpha value is -6.26. The molecule has 1 aliphatic heterocycles. The van der Waals surface area contributed by atoms with E-state index in [4.69, 9.17) is 9.97 Å². The Balaban J connectivity index is 1.25. The first-order chi connectivity index (χ1) is 25.1. The quantitative estimate of drug-likeness (QED) is 0.185. The van der Waals surface area contributed by atoms with Gasteiger partial charge in [-0.3, -0.25) is 0 Å². The molecule has 0 saturated heterocycles. The van der Waals surface area contributed by atoms with E-state index in [1.165, 1.54) is 55.7 Å². The van der Waals surface area contributed by atoms with Crippen LogP contribution in [0.3, 0.4) is 0 Å². The van der Waals surface area contributed by atoms with E-state index in [1.54, 1.807) is 0 Å². The van der Waals surface area contributed by atoms with E-state index in [1.807, 2.05) is 12.1 Å². The SMILES string of the molecule is CC1(C)c2ccccc2-n2c(C3=CC(c4cc(-c5ccccc5)nc(-c5ccccc5)n4)=CCC3)c3c4ccccc4n(-c4ccccc4)c3c21. The van der Waals surface area contributed by atoms with Gasteiger partial charge in [-0.2, -0.15) is 0 Å². The Labute approximate surface area is 297 Å². The largest absolute Gasteiger partial charge is 0.310 e. The van der Waals surface area contributed by atoms with Gasteiger partial charge in [-0.15, -0.1) is 0 Å². The summed E-state index contributed by atoms with van der Waals surface area (Å²) in [5, 5.41) is 2.59. The van der Waals surface area contributed by atoms with E-state index < -0.39 is 0 Å². The summed E-state index contributed by atoms with van der Waals surface area (Å²) in [6.45, 7) is 4.77. The molecule has 0 unspecified atom stereocenters. The minimum atomic E-state index is -0.205. The fraction of sp³-hybridized carbons (Fsp3) is 0.106. The van der Waals surface area contributed by atoms with Crippen LogP contribution in [0.15, 0.2) is 158 Å². The fourth-order valence-electron chi connectivity index (χ4n) is 8.46. The zero-order valence-electron chi connectivity index (χ0n) is 28.7. The van der Waals surface area contributed by atoms with E-state index in [-0.39, 0.29) is 5.41 Å². The van der Waals surface area contributed by atoms with Gasteiger partial charge in [-0.05, 0) is 66.0 Å². The number of benzene rings is 5. The first kappa shape index (κ1) is 29.6. The zero-order valence-corrected chi connectivity index (χ0v) is 28.7. The van der Waals surface area contributed by atoms with Crippen molar-refractivity contribution in [1.29, 1.82) is 0 Å². The summed E-state index contributed by atoms with van der Waals surface area (Å²) in [7, 11) is 0. The fourth-order valence-corrected chi connectivity index (χ4v) is 8.46. The molecule has 4 heteroatoms. The average molecular weight is 657 g/mol. The molecule has 3 aromatic heterocycles. The molecule has 1 aliphatic carbocycles. The minimum Gasteiger partial charge on any atom is -0.310 e. The van der Waals surface area contributed by atoms with Crippen LogP contribution in [0.1, 0.15) is 49.3 Å². The number of nitrogens with zero attached hydrogens (tertiary/aromatic N) is 4. The Kier molecular flexibility index (Phi) is 6.62. The van der Waals surface area contributed by atoms with Crippen molar-refractivity contribution in [1.82, 2.24) is 19.1 Å². The highest BCUT2D eigenvalue weighted by Crippen LogP contribution is 2.53. The van der Waals surface area contributed by atoms with E-state index in [0.717, 1.165) is 46.8 Å². The Morgan fingerprint density at radius 2 is 1.27 bits per heavy atom. The van der Waals surface area contributed by atoms with Gasteiger partial charge in [-0.25, -0.2) is 9.97 Å². The van der Waals surface area contributed by atoms with Crippen molar-refractivity contribution >= 4 is 33.0 Å². The molecule has 0 radical (unpaired) electrons. The van der Waals surface area contributed by atoms with Crippen molar-refractivity contribution in [3.05, 3.63) is 180 Å². The van der Waals surface area contributed by atoms with Crippen LogP contribution >= 0.6 is 0 Å². The molecule has 5 aromatic carbocycles. The second kappa shape index (κ2) is 11.4. The number of aromatic nitrogens is 4. The number of hydrogen-bond acceptors (Lipinski definition) is 2. The van der Waals surface area contributed by atoms with Gasteiger partial charge >= 0.3 is 0 Å². The maximum Gasteiger partial charge on any atom is 0.160 e. The predicted octanol–water partition coefficient (Wildman–Crippen LogP) is 11.6. The number of hydrogen-bond donors (Lipinski definition) is 0. The normalized spacial score (nSPS) is 14.7. The van der Waals surface area contributed by atoms with Crippen LogP contribution < -0.4 is 0 Å². The summed E-state index contributed by atoms with van der Waals surface area (Å²) in [6.07, 6.45) is 6.63. The molecule has 0 saturated carbocycles. The molecule has 0 bridgehead atoms. The molecule has 2 aliphatic rings. The van der Waals surface area contributed by atoms with Gasteiger partial charge in [0, 0.05) is 33.0 Å². The van der Waals surface area contributed by atoms with Gasteiger partial charge in [0.15, 0.2) is 5.82 Å². The highest BCUT2D eigenvalue weighted by atomic mass is 15.1. The Bertz CT molecular complexity index is 2630. The number of allylic oxidation sites excluding steroid dienone is 4. The lowest BCUT2D eigenvalue weighted by Crippen LogP contribution is -2.16. The molecule has 244 valence electrons. The third-order valence-corrected chi connectivity index (χ3v) is 10.7. The molecule has 4 heterocycles. The van der Waals surface area contributed by atoms with Crippen LogP contribution in [0.25, 0.3) is 67.0 Å². The molecule has 0 fully saturated rings. The lowest BCUT2D eigenvalue weighted by Gasteiger charge is -2.21. The molecular weight excluding hydrogens is 621 g/mol. The minimum absolute atomic E-state index is 0.205. The standard InChI is InChI=1S/C47H36N4/c1-47(2)37-26-13-15-28-41(37)51-43(42-36-25-12-14-27-40(36)50(44(42)45(47)51)35-23-10-5-11-24-35)34-22-16-21-33(29-34)39-30-38(31-17-6-3-7-18-31)48-46(49-39)32-19-8-4-9-20-32/h3-15,17-21,23-30H,16,22H2,1-2H3. The molecule has 10 rings (SSSR count). The summed E-state index contributed by atoms with van der Waals surface area (Å²) in [5.74, 6) is 0.737. The smallest absolute Gasteiger partial charge is 0.160 e. The summed E-state index contributed by atoms with van der Waals surface area (Å²) in [5.41, 5.74) is 15.2. The van der Waals surface area contributed by atoms with Crippen LogP contribution in [0.5, 0.6) is 0 Å². The Morgan fingerprint density at radius 3 is 2.06 bits per heavy atom. The van der Waals surface area contributed by atoms with E-state index in [0.29, 0.717) is 0 Å². The van der Waals surface area contributed by atoms with Crippen LogP contribution in [0.4, 0.5) is 0 Å².